The van der Waals surface area contributed by atoms with Gasteiger partial charge in [-0.3, -0.25) is 14.4 Å². The molecule has 2 rings (SSSR count). The first-order valence-electron chi connectivity index (χ1n) is 5.96. The second-order valence-corrected chi connectivity index (χ2v) is 4.99. The zero-order chi connectivity index (χ0) is 16.3. The van der Waals surface area contributed by atoms with Crippen molar-refractivity contribution in [2.75, 3.05) is 14.2 Å². The maximum atomic E-state index is 12.2. The van der Waals surface area contributed by atoms with Gasteiger partial charge in [0.1, 0.15) is 13.2 Å². The highest BCUT2D eigenvalue weighted by Gasteiger charge is 2.46. The van der Waals surface area contributed by atoms with E-state index in [0.717, 1.165) is 11.3 Å². The smallest absolute Gasteiger partial charge is 0.331 e. The van der Waals surface area contributed by atoms with Crippen molar-refractivity contribution in [3.8, 4) is 0 Å². The van der Waals surface area contributed by atoms with E-state index in [1.165, 1.54) is 19.6 Å². The van der Waals surface area contributed by atoms with Gasteiger partial charge in [-0.15, -0.1) is 0 Å². The van der Waals surface area contributed by atoms with Gasteiger partial charge in [-0.05, 0) is 0 Å². The van der Waals surface area contributed by atoms with Crippen LogP contribution in [0.3, 0.4) is 0 Å². The van der Waals surface area contributed by atoms with Gasteiger partial charge in [0.2, 0.25) is 5.91 Å². The summed E-state index contributed by atoms with van der Waals surface area (Å²) in [7, 11) is 2.39. The van der Waals surface area contributed by atoms with Crippen LogP contribution in [0.25, 0.3) is 0 Å². The van der Waals surface area contributed by atoms with Crippen LogP contribution in [0.4, 0.5) is 0 Å². The topological polar surface area (TPSA) is 139 Å². The third-order valence-electron chi connectivity index (χ3n) is 2.83. The van der Waals surface area contributed by atoms with Crippen molar-refractivity contribution < 1.29 is 24.0 Å². The summed E-state index contributed by atoms with van der Waals surface area (Å²) in [6.45, 7) is 0. The number of rotatable bonds is 5. The van der Waals surface area contributed by atoms with Crippen LogP contribution in [0.1, 0.15) is 5.69 Å². The molecule has 0 aliphatic carbocycles. The van der Waals surface area contributed by atoms with E-state index in [1.54, 1.807) is 0 Å². The van der Waals surface area contributed by atoms with Crippen LogP contribution in [0.15, 0.2) is 15.3 Å². The summed E-state index contributed by atoms with van der Waals surface area (Å²) in [5, 5.41) is 9.57. The zero-order valence-electron chi connectivity index (χ0n) is 11.5. The quantitative estimate of drug-likeness (QED) is 0.246. The molecule has 11 heteroatoms. The molecule has 2 heterocycles. The molecule has 10 nitrogen and oxygen atoms in total. The normalized spacial score (nSPS) is 20.6. The molecule has 118 valence electrons. The molecular weight excluding hydrogens is 316 g/mol. The van der Waals surface area contributed by atoms with Gasteiger partial charge in [-0.25, -0.2) is 4.79 Å². The molecule has 0 bridgehead atoms. The van der Waals surface area contributed by atoms with E-state index in [0.29, 0.717) is 0 Å². The maximum Gasteiger partial charge on any atom is 0.331 e. The van der Waals surface area contributed by atoms with Gasteiger partial charge in [0, 0.05) is 5.38 Å². The molecule has 0 aromatic carbocycles. The molecule has 0 spiro atoms. The summed E-state index contributed by atoms with van der Waals surface area (Å²) in [5.41, 5.74) is -0.0761. The van der Waals surface area contributed by atoms with Crippen molar-refractivity contribution in [2.24, 2.45) is 5.16 Å². The molecule has 1 aliphatic rings. The van der Waals surface area contributed by atoms with Gasteiger partial charge in [-0.1, -0.05) is 16.5 Å². The standard InChI is InChI=1S/C11H12N4O6S/c1-20-10(18)7-6(9(17)14-7)13-8(16)5(15-21-2)4-3-22-11(19)12-4/h3,6-7H,1-2H3,(H,12,19)(H,13,16)(H,14,17)/b15-5-. The number of amides is 2. The van der Waals surface area contributed by atoms with Crippen LogP contribution >= 0.6 is 11.3 Å². The van der Waals surface area contributed by atoms with Gasteiger partial charge >= 0.3 is 10.8 Å². The number of methoxy groups -OCH3 is 1. The molecule has 2 unspecified atom stereocenters. The molecule has 1 aromatic heterocycles. The number of hydrogen-bond acceptors (Lipinski definition) is 8. The van der Waals surface area contributed by atoms with Crippen molar-refractivity contribution in [2.45, 2.75) is 12.1 Å². The van der Waals surface area contributed by atoms with E-state index in [2.05, 4.69) is 30.3 Å². The summed E-state index contributed by atoms with van der Waals surface area (Å²) in [6.07, 6.45) is 0. The Morgan fingerprint density at radius 1 is 1.36 bits per heavy atom. The van der Waals surface area contributed by atoms with Crippen molar-refractivity contribution in [3.63, 3.8) is 0 Å². The van der Waals surface area contributed by atoms with Crippen molar-refractivity contribution in [1.82, 2.24) is 15.6 Å². The minimum Gasteiger partial charge on any atom is -0.467 e. The molecule has 2 amide bonds. The van der Waals surface area contributed by atoms with E-state index >= 15 is 0 Å². The summed E-state index contributed by atoms with van der Waals surface area (Å²) in [5.74, 6) is -1.98. The second kappa shape index (κ2) is 6.39. The molecule has 1 fully saturated rings. The Hall–Kier alpha value is -2.69. The highest BCUT2D eigenvalue weighted by molar-refractivity contribution is 7.07. The first-order chi connectivity index (χ1) is 10.5. The highest BCUT2D eigenvalue weighted by Crippen LogP contribution is 2.09. The predicted octanol–water partition coefficient (Wildman–Crippen LogP) is -2.06. The van der Waals surface area contributed by atoms with Crippen LogP contribution in [-0.2, 0) is 24.0 Å². The number of oxime groups is 1. The summed E-state index contributed by atoms with van der Waals surface area (Å²) in [6, 6.07) is -2.04. The monoisotopic (exact) mass is 328 g/mol. The number of nitrogens with zero attached hydrogens (tertiary/aromatic N) is 1. The number of carbonyl (C=O) groups is 3. The average molecular weight is 328 g/mol. The SMILES string of the molecule is CO/N=C(\C(=O)NC1C(=O)NC1C(=O)OC)c1csc(=O)[nH]1. The van der Waals surface area contributed by atoms with Crippen LogP contribution in [-0.4, -0.2) is 54.8 Å². The summed E-state index contributed by atoms with van der Waals surface area (Å²) < 4.78 is 4.50. The molecular formula is C11H12N4O6S. The molecule has 22 heavy (non-hydrogen) atoms. The average Bonchev–Trinajstić information content (AvgIpc) is 2.92. The van der Waals surface area contributed by atoms with Crippen LogP contribution in [0.5, 0.6) is 0 Å². The lowest BCUT2D eigenvalue weighted by molar-refractivity contribution is -0.153. The predicted molar refractivity (Wildman–Crippen MR) is 74.4 cm³/mol. The fourth-order valence-corrected chi connectivity index (χ4v) is 2.33. The lowest BCUT2D eigenvalue weighted by Crippen LogP contribution is -2.72. The van der Waals surface area contributed by atoms with Gasteiger partial charge in [0.05, 0.1) is 12.8 Å². The molecule has 1 aromatic rings. The number of carbonyl (C=O) groups excluding carboxylic acids is 3. The van der Waals surface area contributed by atoms with E-state index < -0.39 is 29.9 Å². The van der Waals surface area contributed by atoms with E-state index in [9.17, 15) is 19.2 Å². The van der Waals surface area contributed by atoms with E-state index in [-0.39, 0.29) is 16.3 Å². The Balaban J connectivity index is 2.15. The largest absolute Gasteiger partial charge is 0.467 e. The Labute approximate surface area is 127 Å². The van der Waals surface area contributed by atoms with Crippen molar-refractivity contribution in [1.29, 1.82) is 0 Å². The number of thiazole rings is 1. The van der Waals surface area contributed by atoms with E-state index in [4.69, 9.17) is 0 Å². The maximum absolute atomic E-state index is 12.2. The zero-order valence-corrected chi connectivity index (χ0v) is 12.4. The van der Waals surface area contributed by atoms with Crippen molar-refractivity contribution in [3.05, 3.63) is 20.7 Å². The number of esters is 1. The molecule has 2 atom stereocenters. The molecule has 1 aliphatic heterocycles. The lowest BCUT2D eigenvalue weighted by atomic mass is 9.99. The van der Waals surface area contributed by atoms with Crippen LogP contribution in [0, 0.1) is 0 Å². The van der Waals surface area contributed by atoms with Crippen LogP contribution < -0.4 is 15.5 Å². The number of H-pyrrole nitrogens is 1. The Bertz CT molecular complexity index is 693. The lowest BCUT2D eigenvalue weighted by Gasteiger charge is -2.34. The molecule has 0 saturated carbocycles. The first-order valence-corrected chi connectivity index (χ1v) is 6.84. The number of hydrogen-bond donors (Lipinski definition) is 3. The van der Waals surface area contributed by atoms with Gasteiger partial charge in [0.25, 0.3) is 5.91 Å². The number of aromatic nitrogens is 1. The Kier molecular flexibility index (Phi) is 4.56. The summed E-state index contributed by atoms with van der Waals surface area (Å²) in [4.78, 5) is 52.8. The van der Waals surface area contributed by atoms with Gasteiger partial charge < -0.3 is 25.2 Å². The number of β-lactam (4-membered cyclic amide) rings is 1. The van der Waals surface area contributed by atoms with E-state index in [1.807, 2.05) is 0 Å². The third kappa shape index (κ3) is 2.98. The Morgan fingerprint density at radius 2 is 2.09 bits per heavy atom. The number of aromatic amines is 1. The minimum absolute atomic E-state index is 0.142. The Morgan fingerprint density at radius 3 is 2.59 bits per heavy atom. The minimum atomic E-state index is -1.08. The van der Waals surface area contributed by atoms with Gasteiger partial charge in [-0.2, -0.15) is 0 Å². The molecule has 0 radical (unpaired) electrons. The second-order valence-electron chi connectivity index (χ2n) is 4.14. The number of nitrogens with one attached hydrogen (secondary N) is 3. The first kappa shape index (κ1) is 15.7. The van der Waals surface area contributed by atoms with Crippen LogP contribution in [0.2, 0.25) is 0 Å². The fourth-order valence-electron chi connectivity index (χ4n) is 1.76. The highest BCUT2D eigenvalue weighted by atomic mass is 32.1. The number of ether oxygens (including phenoxy) is 1. The third-order valence-corrected chi connectivity index (χ3v) is 3.50. The summed E-state index contributed by atoms with van der Waals surface area (Å²) >= 11 is 0.843. The molecule has 1 saturated heterocycles. The van der Waals surface area contributed by atoms with Crippen molar-refractivity contribution >= 4 is 34.8 Å². The van der Waals surface area contributed by atoms with Gasteiger partial charge in [0.15, 0.2) is 11.8 Å². The fraction of sp³-hybridized carbons (Fsp3) is 0.364. The molecule has 3 N–H and O–H groups in total.